The van der Waals surface area contributed by atoms with Crippen LogP contribution >= 0.6 is 11.6 Å². The summed E-state index contributed by atoms with van der Waals surface area (Å²) in [5, 5.41) is 19.4. The van der Waals surface area contributed by atoms with E-state index < -0.39 is 47.4 Å². The lowest BCUT2D eigenvalue weighted by atomic mass is 9.82. The smallest absolute Gasteiger partial charge is 0.435 e. The Morgan fingerprint density at radius 3 is 2.74 bits per heavy atom. The number of fused-ring (bicyclic) bond motifs is 1. The van der Waals surface area contributed by atoms with Gasteiger partial charge in [-0.15, -0.1) is 0 Å². The standard InChI is InChI=1S/C22H23ClF4N4O3/c23-13-2-1-11(16(24)9-13)7-15(17-8-12(21(33)34)3-6-29-17)20(32)31-18-10-28-5-4-14(18)19(30-31)22(25,26)27/h1-2,9,12,15,17,28-29H,3-8,10H2,(H,33,34). The van der Waals surface area contributed by atoms with Gasteiger partial charge in [0.1, 0.15) is 5.82 Å². The molecule has 0 aliphatic carbocycles. The highest BCUT2D eigenvalue weighted by Crippen LogP contribution is 2.35. The molecule has 34 heavy (non-hydrogen) atoms. The first-order valence-electron chi connectivity index (χ1n) is 10.9. The highest BCUT2D eigenvalue weighted by molar-refractivity contribution is 6.30. The van der Waals surface area contributed by atoms with Crippen molar-refractivity contribution in [2.45, 2.75) is 44.4 Å². The van der Waals surface area contributed by atoms with Gasteiger partial charge in [-0.1, -0.05) is 17.7 Å². The van der Waals surface area contributed by atoms with Crippen molar-refractivity contribution in [2.75, 3.05) is 13.1 Å². The molecule has 2 aliphatic rings. The van der Waals surface area contributed by atoms with Crippen LogP contribution in [0.5, 0.6) is 0 Å². The van der Waals surface area contributed by atoms with Crippen LogP contribution in [0.15, 0.2) is 18.2 Å². The van der Waals surface area contributed by atoms with Crippen molar-refractivity contribution >= 4 is 23.5 Å². The number of aliphatic carboxylic acids is 1. The number of nitrogens with one attached hydrogen (secondary N) is 2. The molecule has 1 fully saturated rings. The summed E-state index contributed by atoms with van der Waals surface area (Å²) >= 11 is 5.83. The number of carboxylic acids is 1. The summed E-state index contributed by atoms with van der Waals surface area (Å²) < 4.78 is 56.3. The maximum atomic E-state index is 14.6. The third-order valence-electron chi connectivity index (χ3n) is 6.46. The van der Waals surface area contributed by atoms with Crippen molar-refractivity contribution < 1.29 is 32.3 Å². The molecule has 4 rings (SSSR count). The number of aromatic nitrogens is 2. The molecule has 3 heterocycles. The van der Waals surface area contributed by atoms with E-state index in [1.165, 1.54) is 12.1 Å². The molecule has 1 aromatic heterocycles. The summed E-state index contributed by atoms with van der Waals surface area (Å²) in [4.78, 5) is 25.3. The van der Waals surface area contributed by atoms with Gasteiger partial charge in [0.2, 0.25) is 0 Å². The van der Waals surface area contributed by atoms with Crippen molar-refractivity contribution in [3.05, 3.63) is 51.6 Å². The quantitative estimate of drug-likeness (QED) is 0.543. The van der Waals surface area contributed by atoms with Gasteiger partial charge in [0.15, 0.2) is 5.69 Å². The number of alkyl halides is 3. The largest absolute Gasteiger partial charge is 0.481 e. The lowest BCUT2D eigenvalue weighted by Crippen LogP contribution is -2.49. The number of carbonyl (C=O) groups is 2. The fraction of sp³-hybridized carbons (Fsp3) is 0.500. The molecule has 0 amide bonds. The molecule has 2 aromatic rings. The fourth-order valence-electron chi connectivity index (χ4n) is 4.72. The Kier molecular flexibility index (Phi) is 6.97. The Balaban J connectivity index is 1.75. The predicted octanol–water partition coefficient (Wildman–Crippen LogP) is 3.29. The normalized spacial score (nSPS) is 21.7. The van der Waals surface area contributed by atoms with E-state index in [-0.39, 0.29) is 47.7 Å². The number of hydrogen-bond donors (Lipinski definition) is 3. The monoisotopic (exact) mass is 502 g/mol. The number of benzene rings is 1. The Morgan fingerprint density at radius 2 is 2.06 bits per heavy atom. The van der Waals surface area contributed by atoms with Crippen molar-refractivity contribution in [3.8, 4) is 0 Å². The van der Waals surface area contributed by atoms with Crippen LogP contribution in [0.4, 0.5) is 17.6 Å². The number of rotatable bonds is 5. The van der Waals surface area contributed by atoms with Gasteiger partial charge in [0.05, 0.1) is 17.5 Å². The second kappa shape index (κ2) is 9.63. The van der Waals surface area contributed by atoms with Crippen LogP contribution < -0.4 is 10.6 Å². The van der Waals surface area contributed by atoms with Crippen LogP contribution in [-0.4, -0.2) is 45.9 Å². The van der Waals surface area contributed by atoms with E-state index in [4.69, 9.17) is 11.6 Å². The first-order chi connectivity index (χ1) is 16.1. The second-order valence-corrected chi connectivity index (χ2v) is 9.05. The molecule has 1 aromatic carbocycles. The summed E-state index contributed by atoms with van der Waals surface area (Å²) in [6.45, 7) is 0.656. The minimum atomic E-state index is -4.73. The van der Waals surface area contributed by atoms with Gasteiger partial charge in [-0.25, -0.2) is 9.07 Å². The zero-order chi connectivity index (χ0) is 24.6. The Bertz CT molecular complexity index is 1100. The van der Waals surface area contributed by atoms with Gasteiger partial charge in [-0.05, 0) is 56.5 Å². The molecule has 3 N–H and O–H groups in total. The minimum absolute atomic E-state index is 0.0298. The molecule has 12 heteroatoms. The predicted molar refractivity (Wildman–Crippen MR) is 114 cm³/mol. The maximum absolute atomic E-state index is 14.6. The number of nitrogens with zero attached hydrogens (tertiary/aromatic N) is 2. The molecule has 7 nitrogen and oxygen atoms in total. The molecule has 0 spiro atoms. The van der Waals surface area contributed by atoms with Crippen molar-refractivity contribution in [1.82, 2.24) is 20.4 Å². The molecular formula is C22H23ClF4N4O3. The number of halogens is 5. The summed E-state index contributed by atoms with van der Waals surface area (Å²) in [6.07, 6.45) is -4.40. The van der Waals surface area contributed by atoms with Crippen molar-refractivity contribution in [3.63, 3.8) is 0 Å². The van der Waals surface area contributed by atoms with E-state index in [1.54, 1.807) is 0 Å². The highest BCUT2D eigenvalue weighted by atomic mass is 35.5. The summed E-state index contributed by atoms with van der Waals surface area (Å²) in [7, 11) is 0. The topological polar surface area (TPSA) is 96.3 Å². The molecule has 1 saturated heterocycles. The average molecular weight is 503 g/mol. The Morgan fingerprint density at radius 1 is 1.29 bits per heavy atom. The van der Waals surface area contributed by atoms with Crippen LogP contribution in [0.3, 0.4) is 0 Å². The van der Waals surface area contributed by atoms with Crippen LogP contribution in [0.1, 0.15) is 40.2 Å². The number of piperidine rings is 1. The van der Waals surface area contributed by atoms with Gasteiger partial charge >= 0.3 is 12.1 Å². The Hall–Kier alpha value is -2.50. The third-order valence-corrected chi connectivity index (χ3v) is 6.69. The van der Waals surface area contributed by atoms with Crippen LogP contribution in [-0.2, 0) is 30.4 Å². The lowest BCUT2D eigenvalue weighted by molar-refractivity contribution is -0.143. The first kappa shape index (κ1) is 24.6. The molecule has 3 atom stereocenters. The summed E-state index contributed by atoms with van der Waals surface area (Å²) in [5.74, 6) is -4.19. The van der Waals surface area contributed by atoms with Gasteiger partial charge in [0, 0.05) is 23.2 Å². The molecule has 3 unspecified atom stereocenters. The van der Waals surface area contributed by atoms with E-state index >= 15 is 0 Å². The highest BCUT2D eigenvalue weighted by Gasteiger charge is 2.43. The van der Waals surface area contributed by atoms with Gasteiger partial charge < -0.3 is 15.7 Å². The van der Waals surface area contributed by atoms with Crippen LogP contribution in [0.2, 0.25) is 5.02 Å². The van der Waals surface area contributed by atoms with E-state index in [1.807, 2.05) is 0 Å². The van der Waals surface area contributed by atoms with Crippen molar-refractivity contribution in [2.24, 2.45) is 11.8 Å². The number of hydrogen-bond acceptors (Lipinski definition) is 5. The zero-order valence-electron chi connectivity index (χ0n) is 18.0. The van der Waals surface area contributed by atoms with E-state index in [9.17, 15) is 32.3 Å². The molecule has 0 bridgehead atoms. The van der Waals surface area contributed by atoms with Crippen LogP contribution in [0.25, 0.3) is 0 Å². The first-order valence-corrected chi connectivity index (χ1v) is 11.3. The SMILES string of the molecule is O=C(O)C1CCNC(C(Cc2ccc(Cl)cc2F)C(=O)n2nc(C(F)(F)F)c3c2CNCC3)C1. The maximum Gasteiger partial charge on any atom is 0.435 e. The number of carbonyl (C=O) groups excluding carboxylic acids is 1. The average Bonchev–Trinajstić information content (AvgIpc) is 3.18. The lowest BCUT2D eigenvalue weighted by Gasteiger charge is -2.33. The van der Waals surface area contributed by atoms with E-state index in [2.05, 4.69) is 15.7 Å². The number of carboxylic acid groups (broad SMARTS) is 1. The van der Waals surface area contributed by atoms with Gasteiger partial charge in [-0.3, -0.25) is 9.59 Å². The van der Waals surface area contributed by atoms with E-state index in [0.29, 0.717) is 19.5 Å². The molecular weight excluding hydrogens is 480 g/mol. The molecule has 184 valence electrons. The van der Waals surface area contributed by atoms with Crippen LogP contribution in [0, 0.1) is 17.7 Å². The minimum Gasteiger partial charge on any atom is -0.481 e. The van der Waals surface area contributed by atoms with E-state index in [0.717, 1.165) is 10.7 Å². The molecule has 2 aliphatic heterocycles. The van der Waals surface area contributed by atoms with Gasteiger partial charge in [-0.2, -0.15) is 18.3 Å². The summed E-state index contributed by atoms with van der Waals surface area (Å²) in [6, 6.07) is 3.27. The van der Waals surface area contributed by atoms with Gasteiger partial charge in [0.25, 0.3) is 5.91 Å². The third kappa shape index (κ3) is 4.96. The van der Waals surface area contributed by atoms with Crippen molar-refractivity contribution in [1.29, 1.82) is 0 Å². The second-order valence-electron chi connectivity index (χ2n) is 8.61. The molecule has 0 saturated carbocycles. The fourth-order valence-corrected chi connectivity index (χ4v) is 4.88. The summed E-state index contributed by atoms with van der Waals surface area (Å²) in [5.41, 5.74) is -0.863. The zero-order valence-corrected chi connectivity index (χ0v) is 18.7. The molecule has 0 radical (unpaired) electrons. The Labute approximate surface area is 197 Å².